The van der Waals surface area contributed by atoms with Gasteiger partial charge >= 0.3 is 5.82 Å². The standard InChI is InChI=1S/C16H13FN4O4/c17-12-5-1-2-6-13(12)20(10-4-8-18)15(22)11-25-14-7-3-9-19-16(14)21(23)24/h1-3,5-7,9H,4,10-11H2. The normalized spacial score (nSPS) is 9.92. The van der Waals surface area contributed by atoms with Crippen molar-refractivity contribution in [1.29, 1.82) is 5.26 Å². The van der Waals surface area contributed by atoms with Gasteiger partial charge in [0.1, 0.15) is 12.0 Å². The molecule has 8 nitrogen and oxygen atoms in total. The zero-order chi connectivity index (χ0) is 18.2. The number of hydrogen-bond donors (Lipinski definition) is 0. The van der Waals surface area contributed by atoms with Gasteiger partial charge in [-0.3, -0.25) is 4.79 Å². The molecular weight excluding hydrogens is 331 g/mol. The summed E-state index contributed by atoms with van der Waals surface area (Å²) in [6, 6.07) is 10.2. The molecule has 0 radical (unpaired) electrons. The highest BCUT2D eigenvalue weighted by atomic mass is 19.1. The molecule has 0 fully saturated rings. The number of amides is 1. The number of carbonyl (C=O) groups is 1. The molecule has 1 aromatic heterocycles. The van der Waals surface area contributed by atoms with Crippen LogP contribution >= 0.6 is 0 Å². The van der Waals surface area contributed by atoms with Gasteiger partial charge in [-0.1, -0.05) is 12.1 Å². The largest absolute Gasteiger partial charge is 0.476 e. The topological polar surface area (TPSA) is 109 Å². The minimum Gasteiger partial charge on any atom is -0.476 e. The van der Waals surface area contributed by atoms with Crippen molar-refractivity contribution < 1.29 is 18.8 Å². The second kappa shape index (κ2) is 8.35. The summed E-state index contributed by atoms with van der Waals surface area (Å²) < 4.78 is 19.1. The quantitative estimate of drug-likeness (QED) is 0.564. The van der Waals surface area contributed by atoms with Gasteiger partial charge in [-0.25, -0.2) is 4.39 Å². The molecule has 0 atom stereocenters. The first-order chi connectivity index (χ1) is 12.0. The first-order valence-electron chi connectivity index (χ1n) is 7.18. The molecule has 0 N–H and O–H groups in total. The van der Waals surface area contributed by atoms with Crippen LogP contribution in [0.5, 0.6) is 5.75 Å². The van der Waals surface area contributed by atoms with Crippen LogP contribution in [-0.2, 0) is 4.79 Å². The first-order valence-corrected chi connectivity index (χ1v) is 7.18. The van der Waals surface area contributed by atoms with E-state index >= 15 is 0 Å². The van der Waals surface area contributed by atoms with Crippen LogP contribution in [0.4, 0.5) is 15.9 Å². The molecule has 0 bridgehead atoms. The second-order valence-electron chi connectivity index (χ2n) is 4.78. The van der Waals surface area contributed by atoms with Crippen LogP contribution in [0.15, 0.2) is 42.6 Å². The first kappa shape index (κ1) is 17.8. The summed E-state index contributed by atoms with van der Waals surface area (Å²) in [7, 11) is 0. The maximum Gasteiger partial charge on any atom is 0.406 e. The van der Waals surface area contributed by atoms with Crippen LogP contribution in [0.1, 0.15) is 6.42 Å². The van der Waals surface area contributed by atoms with Crippen LogP contribution in [0, 0.1) is 27.3 Å². The number of benzene rings is 1. The van der Waals surface area contributed by atoms with Gasteiger partial charge < -0.3 is 19.8 Å². The zero-order valence-electron chi connectivity index (χ0n) is 13.0. The lowest BCUT2D eigenvalue weighted by molar-refractivity contribution is -0.390. The fourth-order valence-corrected chi connectivity index (χ4v) is 2.06. The van der Waals surface area contributed by atoms with Crippen LogP contribution in [0.3, 0.4) is 0 Å². The Balaban J connectivity index is 2.17. The van der Waals surface area contributed by atoms with Gasteiger partial charge in [0.2, 0.25) is 5.75 Å². The third kappa shape index (κ3) is 4.48. The predicted octanol–water partition coefficient (Wildman–Crippen LogP) is 2.45. The van der Waals surface area contributed by atoms with Crippen molar-refractivity contribution in [3.8, 4) is 11.8 Å². The SMILES string of the molecule is N#CCCN(C(=O)COc1cccnc1[N+](=O)[O-])c1ccccc1F. The van der Waals surface area contributed by atoms with Crippen molar-refractivity contribution >= 4 is 17.4 Å². The summed E-state index contributed by atoms with van der Waals surface area (Å²) in [5.41, 5.74) is 0.00652. The highest BCUT2D eigenvalue weighted by molar-refractivity contribution is 5.94. The van der Waals surface area contributed by atoms with Gasteiger partial charge in [-0.2, -0.15) is 5.26 Å². The van der Waals surface area contributed by atoms with Crippen molar-refractivity contribution in [3.05, 3.63) is 58.5 Å². The van der Waals surface area contributed by atoms with E-state index in [0.29, 0.717) is 0 Å². The summed E-state index contributed by atoms with van der Waals surface area (Å²) in [5.74, 6) is -1.96. The van der Waals surface area contributed by atoms with Crippen molar-refractivity contribution in [1.82, 2.24) is 4.98 Å². The Hall–Kier alpha value is -3.54. The molecule has 2 rings (SSSR count). The summed E-state index contributed by atoms with van der Waals surface area (Å²) in [5, 5.41) is 19.6. The summed E-state index contributed by atoms with van der Waals surface area (Å²) in [4.78, 5) is 27.2. The number of anilines is 1. The Morgan fingerprint density at radius 2 is 2.12 bits per heavy atom. The molecule has 25 heavy (non-hydrogen) atoms. The van der Waals surface area contributed by atoms with E-state index < -0.39 is 29.1 Å². The van der Waals surface area contributed by atoms with E-state index in [4.69, 9.17) is 10.00 Å². The van der Waals surface area contributed by atoms with Crippen molar-refractivity contribution in [3.63, 3.8) is 0 Å². The number of aromatic nitrogens is 1. The number of pyridine rings is 1. The third-order valence-corrected chi connectivity index (χ3v) is 3.17. The minimum atomic E-state index is -0.732. The summed E-state index contributed by atoms with van der Waals surface area (Å²) in [6.45, 7) is -0.596. The number of rotatable bonds is 7. The molecule has 0 aliphatic carbocycles. The number of nitrogens with zero attached hydrogens (tertiary/aromatic N) is 4. The predicted molar refractivity (Wildman–Crippen MR) is 85.4 cm³/mol. The monoisotopic (exact) mass is 344 g/mol. The maximum absolute atomic E-state index is 13.9. The summed E-state index contributed by atoms with van der Waals surface area (Å²) in [6.07, 6.45) is 1.22. The lowest BCUT2D eigenvalue weighted by atomic mass is 10.2. The number of carbonyl (C=O) groups excluding carboxylic acids is 1. The van der Waals surface area contributed by atoms with E-state index in [9.17, 15) is 19.3 Å². The number of nitriles is 1. The average Bonchev–Trinajstić information content (AvgIpc) is 2.61. The Kier molecular flexibility index (Phi) is 5.95. The van der Waals surface area contributed by atoms with Crippen molar-refractivity contribution in [2.75, 3.05) is 18.1 Å². The average molecular weight is 344 g/mol. The van der Waals surface area contributed by atoms with Crippen LogP contribution in [-0.4, -0.2) is 29.0 Å². The molecule has 1 heterocycles. The number of ether oxygens (including phenoxy) is 1. The van der Waals surface area contributed by atoms with E-state index in [2.05, 4.69) is 4.98 Å². The van der Waals surface area contributed by atoms with Crippen LogP contribution < -0.4 is 9.64 Å². The van der Waals surface area contributed by atoms with E-state index in [0.717, 1.165) is 4.90 Å². The van der Waals surface area contributed by atoms with Gasteiger partial charge in [0.15, 0.2) is 6.61 Å². The number of para-hydroxylation sites is 1. The zero-order valence-corrected chi connectivity index (χ0v) is 13.0. The van der Waals surface area contributed by atoms with Crippen LogP contribution in [0.2, 0.25) is 0 Å². The lowest BCUT2D eigenvalue weighted by Gasteiger charge is -2.22. The van der Waals surface area contributed by atoms with Gasteiger partial charge in [-0.15, -0.1) is 0 Å². The molecule has 0 saturated heterocycles. The lowest BCUT2D eigenvalue weighted by Crippen LogP contribution is -2.36. The van der Waals surface area contributed by atoms with Gasteiger partial charge in [0, 0.05) is 6.54 Å². The van der Waals surface area contributed by atoms with E-state index in [1.165, 1.54) is 36.5 Å². The molecular formula is C16H13FN4O4. The van der Waals surface area contributed by atoms with Gasteiger partial charge in [0.25, 0.3) is 5.91 Å². The fraction of sp³-hybridized carbons (Fsp3) is 0.188. The Bertz CT molecular complexity index is 822. The maximum atomic E-state index is 13.9. The van der Waals surface area contributed by atoms with Gasteiger partial charge in [0.05, 0.1) is 18.2 Å². The smallest absolute Gasteiger partial charge is 0.406 e. The molecule has 0 spiro atoms. The second-order valence-corrected chi connectivity index (χ2v) is 4.78. The summed E-state index contributed by atoms with van der Waals surface area (Å²) >= 11 is 0. The number of nitro groups is 1. The molecule has 1 amide bonds. The highest BCUT2D eigenvalue weighted by Crippen LogP contribution is 2.24. The number of hydrogen-bond acceptors (Lipinski definition) is 6. The van der Waals surface area contributed by atoms with Crippen molar-refractivity contribution in [2.24, 2.45) is 0 Å². The Labute approximate surface area is 142 Å². The molecule has 1 aromatic carbocycles. The molecule has 9 heteroatoms. The Morgan fingerprint density at radius 1 is 1.36 bits per heavy atom. The highest BCUT2D eigenvalue weighted by Gasteiger charge is 2.21. The Morgan fingerprint density at radius 3 is 2.80 bits per heavy atom. The fourth-order valence-electron chi connectivity index (χ4n) is 2.06. The molecule has 0 unspecified atom stereocenters. The molecule has 0 aliphatic heterocycles. The minimum absolute atomic E-state index is 0.00652. The number of halogens is 1. The van der Waals surface area contributed by atoms with Gasteiger partial charge in [-0.05, 0) is 34.2 Å². The third-order valence-electron chi connectivity index (χ3n) is 3.17. The molecule has 128 valence electrons. The van der Waals surface area contributed by atoms with E-state index in [1.807, 2.05) is 6.07 Å². The van der Waals surface area contributed by atoms with E-state index in [1.54, 1.807) is 6.07 Å². The molecule has 2 aromatic rings. The van der Waals surface area contributed by atoms with E-state index in [-0.39, 0.29) is 24.4 Å². The van der Waals surface area contributed by atoms with Crippen LogP contribution in [0.25, 0.3) is 0 Å². The van der Waals surface area contributed by atoms with Crippen molar-refractivity contribution in [2.45, 2.75) is 6.42 Å². The molecule has 0 saturated carbocycles. The molecule has 0 aliphatic rings.